The molecule has 0 spiro atoms. The average molecular weight is 297 g/mol. The number of carbonyl (C=O) groups is 1. The molecule has 0 aromatic carbocycles. The molecule has 0 radical (unpaired) electrons. The molecule has 1 amide bonds. The summed E-state index contributed by atoms with van der Waals surface area (Å²) in [5, 5.41) is 3.36. The first kappa shape index (κ1) is 15.5. The van der Waals surface area contributed by atoms with E-state index in [-0.39, 0.29) is 23.6 Å². The first-order chi connectivity index (χ1) is 7.81. The SMILES string of the molecule is Cl.NCC1CCCC1NC(=O)C1CSCCS1. The Morgan fingerprint density at radius 1 is 1.35 bits per heavy atom. The van der Waals surface area contributed by atoms with Crippen LogP contribution < -0.4 is 11.1 Å². The zero-order valence-electron chi connectivity index (χ0n) is 9.89. The van der Waals surface area contributed by atoms with E-state index >= 15 is 0 Å². The number of hydrogen-bond donors (Lipinski definition) is 2. The van der Waals surface area contributed by atoms with Gasteiger partial charge in [-0.05, 0) is 25.3 Å². The van der Waals surface area contributed by atoms with Crippen LogP contribution >= 0.6 is 35.9 Å². The molecule has 2 rings (SSSR count). The van der Waals surface area contributed by atoms with Crippen LogP contribution in [0.3, 0.4) is 0 Å². The zero-order valence-corrected chi connectivity index (χ0v) is 12.3. The van der Waals surface area contributed by atoms with Crippen LogP contribution in [0.1, 0.15) is 19.3 Å². The molecule has 1 aliphatic heterocycles. The maximum Gasteiger partial charge on any atom is 0.234 e. The Labute approximate surface area is 118 Å². The van der Waals surface area contributed by atoms with Crippen molar-refractivity contribution in [3.8, 4) is 0 Å². The number of nitrogens with two attached hydrogens (primary N) is 1. The summed E-state index contributed by atoms with van der Waals surface area (Å²) in [5.74, 6) is 4.00. The molecular weight excluding hydrogens is 276 g/mol. The van der Waals surface area contributed by atoms with Gasteiger partial charge in [0.1, 0.15) is 0 Å². The van der Waals surface area contributed by atoms with Crippen molar-refractivity contribution in [1.82, 2.24) is 5.32 Å². The second-order valence-corrected chi connectivity index (χ2v) is 6.94. The molecule has 6 heteroatoms. The van der Waals surface area contributed by atoms with E-state index in [0.29, 0.717) is 18.5 Å². The molecule has 3 nitrogen and oxygen atoms in total. The fourth-order valence-electron chi connectivity index (χ4n) is 2.42. The van der Waals surface area contributed by atoms with Gasteiger partial charge in [-0.3, -0.25) is 4.79 Å². The Balaban J connectivity index is 0.00000144. The molecule has 100 valence electrons. The normalized spacial score (nSPS) is 32.9. The lowest BCUT2D eigenvalue weighted by Gasteiger charge is -2.25. The Morgan fingerprint density at radius 2 is 2.18 bits per heavy atom. The quantitative estimate of drug-likeness (QED) is 0.829. The van der Waals surface area contributed by atoms with E-state index in [1.807, 2.05) is 11.8 Å². The maximum atomic E-state index is 12.0. The average Bonchev–Trinajstić information content (AvgIpc) is 2.77. The Bertz CT molecular complexity index is 250. The summed E-state index contributed by atoms with van der Waals surface area (Å²) in [7, 11) is 0. The highest BCUT2D eigenvalue weighted by Crippen LogP contribution is 2.27. The Hall–Kier alpha value is 0.420. The van der Waals surface area contributed by atoms with Gasteiger partial charge in [0.2, 0.25) is 5.91 Å². The summed E-state index contributed by atoms with van der Waals surface area (Å²) < 4.78 is 0. The third kappa shape index (κ3) is 4.23. The van der Waals surface area contributed by atoms with E-state index in [1.165, 1.54) is 18.6 Å². The van der Waals surface area contributed by atoms with Gasteiger partial charge in [0.15, 0.2) is 0 Å². The van der Waals surface area contributed by atoms with Crippen LogP contribution in [0.2, 0.25) is 0 Å². The van der Waals surface area contributed by atoms with E-state index in [1.54, 1.807) is 11.8 Å². The maximum absolute atomic E-state index is 12.0. The summed E-state index contributed by atoms with van der Waals surface area (Å²) in [5.41, 5.74) is 5.72. The fourth-order valence-corrected chi connectivity index (χ4v) is 4.99. The van der Waals surface area contributed by atoms with E-state index < -0.39 is 0 Å². The molecule has 3 unspecified atom stereocenters. The number of thioether (sulfide) groups is 2. The van der Waals surface area contributed by atoms with E-state index in [9.17, 15) is 4.79 Å². The van der Waals surface area contributed by atoms with Gasteiger partial charge in [0.25, 0.3) is 0 Å². The molecule has 1 aliphatic carbocycles. The highest BCUT2D eigenvalue weighted by molar-refractivity contribution is 8.07. The number of hydrogen-bond acceptors (Lipinski definition) is 4. The van der Waals surface area contributed by atoms with Crippen LogP contribution in [0.25, 0.3) is 0 Å². The largest absolute Gasteiger partial charge is 0.352 e. The van der Waals surface area contributed by atoms with E-state index in [4.69, 9.17) is 5.73 Å². The van der Waals surface area contributed by atoms with Gasteiger partial charge >= 0.3 is 0 Å². The second kappa shape index (κ2) is 7.77. The molecule has 0 aromatic heterocycles. The molecule has 0 bridgehead atoms. The van der Waals surface area contributed by atoms with Crippen LogP contribution in [-0.4, -0.2) is 41.0 Å². The van der Waals surface area contributed by atoms with E-state index in [0.717, 1.165) is 17.9 Å². The molecule has 3 N–H and O–H groups in total. The third-order valence-corrected chi connectivity index (χ3v) is 6.15. The number of amides is 1. The predicted molar refractivity (Wildman–Crippen MR) is 79.1 cm³/mol. The smallest absolute Gasteiger partial charge is 0.234 e. The first-order valence-electron chi connectivity index (χ1n) is 6.01. The summed E-state index contributed by atoms with van der Waals surface area (Å²) in [6.07, 6.45) is 3.49. The van der Waals surface area contributed by atoms with Crippen LogP contribution in [0, 0.1) is 5.92 Å². The van der Waals surface area contributed by atoms with Crippen LogP contribution in [0.4, 0.5) is 0 Å². The lowest BCUT2D eigenvalue weighted by Crippen LogP contribution is -2.45. The molecule has 0 aromatic rings. The minimum Gasteiger partial charge on any atom is -0.352 e. The standard InChI is InChI=1S/C11H20N2OS2.ClH/c12-6-8-2-1-3-9(8)13-11(14)10-7-15-4-5-16-10;/h8-10H,1-7,12H2,(H,13,14);1H. The third-order valence-electron chi connectivity index (χ3n) is 3.40. The van der Waals surface area contributed by atoms with Crippen LogP contribution in [0.15, 0.2) is 0 Å². The minimum atomic E-state index is 0. The van der Waals surface area contributed by atoms with Crippen molar-refractivity contribution in [3.05, 3.63) is 0 Å². The fraction of sp³-hybridized carbons (Fsp3) is 0.909. The van der Waals surface area contributed by atoms with E-state index in [2.05, 4.69) is 5.32 Å². The number of halogens is 1. The highest BCUT2D eigenvalue weighted by atomic mass is 35.5. The van der Waals surface area contributed by atoms with Gasteiger partial charge in [0.05, 0.1) is 5.25 Å². The van der Waals surface area contributed by atoms with Crippen molar-refractivity contribution in [1.29, 1.82) is 0 Å². The zero-order chi connectivity index (χ0) is 11.4. The van der Waals surface area contributed by atoms with Gasteiger partial charge in [-0.2, -0.15) is 11.8 Å². The highest BCUT2D eigenvalue weighted by Gasteiger charge is 2.30. The first-order valence-corrected chi connectivity index (χ1v) is 8.21. The Morgan fingerprint density at radius 3 is 2.82 bits per heavy atom. The molecule has 1 heterocycles. The van der Waals surface area contributed by atoms with Crippen LogP contribution in [-0.2, 0) is 4.79 Å². The number of carbonyl (C=O) groups excluding carboxylic acids is 1. The second-order valence-electron chi connectivity index (χ2n) is 4.48. The molecule has 1 saturated carbocycles. The Kier molecular flexibility index (Phi) is 7.07. The van der Waals surface area contributed by atoms with Gasteiger partial charge < -0.3 is 11.1 Å². The van der Waals surface area contributed by atoms with Crippen molar-refractivity contribution >= 4 is 41.8 Å². The molecule has 2 aliphatic rings. The summed E-state index contributed by atoms with van der Waals surface area (Å²) in [4.78, 5) is 12.0. The number of nitrogens with one attached hydrogen (secondary N) is 1. The van der Waals surface area contributed by atoms with Crippen molar-refractivity contribution < 1.29 is 4.79 Å². The molecule has 3 atom stereocenters. The lowest BCUT2D eigenvalue weighted by atomic mass is 10.0. The lowest BCUT2D eigenvalue weighted by molar-refractivity contribution is -0.121. The summed E-state index contributed by atoms with van der Waals surface area (Å²) in [6, 6.07) is 0.338. The van der Waals surface area contributed by atoms with Crippen molar-refractivity contribution in [3.63, 3.8) is 0 Å². The minimum absolute atomic E-state index is 0. The number of rotatable bonds is 3. The van der Waals surface area contributed by atoms with Gasteiger partial charge in [-0.25, -0.2) is 0 Å². The van der Waals surface area contributed by atoms with Crippen molar-refractivity contribution in [2.75, 3.05) is 23.8 Å². The molecule has 2 fully saturated rings. The molecule has 17 heavy (non-hydrogen) atoms. The topological polar surface area (TPSA) is 55.1 Å². The van der Waals surface area contributed by atoms with Gasteiger partial charge in [-0.1, -0.05) is 6.42 Å². The molecular formula is C11H21ClN2OS2. The monoisotopic (exact) mass is 296 g/mol. The summed E-state index contributed by atoms with van der Waals surface area (Å²) in [6.45, 7) is 0.706. The van der Waals surface area contributed by atoms with Gasteiger partial charge in [-0.15, -0.1) is 24.2 Å². The predicted octanol–water partition coefficient (Wildman–Crippen LogP) is 1.50. The molecule has 1 saturated heterocycles. The van der Waals surface area contributed by atoms with Gasteiger partial charge in [0, 0.05) is 23.3 Å². The van der Waals surface area contributed by atoms with Crippen molar-refractivity contribution in [2.45, 2.75) is 30.6 Å². The van der Waals surface area contributed by atoms with Crippen molar-refractivity contribution in [2.24, 2.45) is 11.7 Å². The summed E-state index contributed by atoms with van der Waals surface area (Å²) >= 11 is 3.69. The van der Waals surface area contributed by atoms with Crippen LogP contribution in [0.5, 0.6) is 0 Å².